The van der Waals surface area contributed by atoms with Gasteiger partial charge in [-0.15, -0.1) is 0 Å². The van der Waals surface area contributed by atoms with Crippen LogP contribution in [0.15, 0.2) is 18.2 Å². The van der Waals surface area contributed by atoms with E-state index in [-0.39, 0.29) is 18.2 Å². The molecule has 120 valence electrons. The number of likely N-dealkylation sites (tertiary alicyclic amines) is 1. The highest BCUT2D eigenvalue weighted by Gasteiger charge is 2.26. The molecular formula is C16H22N2O4. The van der Waals surface area contributed by atoms with Gasteiger partial charge in [-0.25, -0.2) is 0 Å². The molecule has 0 bridgehead atoms. The third-order valence-electron chi connectivity index (χ3n) is 3.85. The van der Waals surface area contributed by atoms with E-state index in [1.54, 1.807) is 18.2 Å². The maximum Gasteiger partial charge on any atom is 0.307 e. The highest BCUT2D eigenvalue weighted by molar-refractivity contribution is 5.98. The molecule has 1 unspecified atom stereocenters. The Morgan fingerprint density at radius 2 is 2.23 bits per heavy atom. The van der Waals surface area contributed by atoms with Gasteiger partial charge in [0.25, 0.3) is 0 Å². The molecule has 1 atom stereocenters. The lowest BCUT2D eigenvalue weighted by molar-refractivity contribution is -0.143. The van der Waals surface area contributed by atoms with Crippen LogP contribution >= 0.6 is 0 Å². The number of anilines is 1. The van der Waals surface area contributed by atoms with Crippen LogP contribution < -0.4 is 10.5 Å². The molecule has 2 rings (SSSR count). The first kappa shape index (κ1) is 16.3. The predicted octanol–water partition coefficient (Wildman–Crippen LogP) is 1.65. The fourth-order valence-electron chi connectivity index (χ4n) is 2.70. The Bertz CT molecular complexity index is 559. The van der Waals surface area contributed by atoms with Crippen molar-refractivity contribution in [3.8, 4) is 5.75 Å². The molecule has 1 aliphatic heterocycles. The molecule has 6 nitrogen and oxygen atoms in total. The first-order valence-electron chi connectivity index (χ1n) is 7.52. The molecule has 0 saturated carbocycles. The van der Waals surface area contributed by atoms with Crippen LogP contribution in [0.2, 0.25) is 0 Å². The zero-order chi connectivity index (χ0) is 16.1. The summed E-state index contributed by atoms with van der Waals surface area (Å²) in [4.78, 5) is 25.3. The quantitative estimate of drug-likeness (QED) is 0.613. The summed E-state index contributed by atoms with van der Waals surface area (Å²) in [5, 5.41) is 9.08. The van der Waals surface area contributed by atoms with Crippen LogP contribution in [0.3, 0.4) is 0 Å². The maximum absolute atomic E-state index is 12.3. The third kappa shape index (κ3) is 3.98. The Kier molecular flexibility index (Phi) is 5.38. The van der Waals surface area contributed by atoms with Crippen LogP contribution in [0.1, 0.15) is 30.1 Å². The van der Waals surface area contributed by atoms with E-state index in [1.165, 1.54) is 0 Å². The molecule has 1 fully saturated rings. The van der Waals surface area contributed by atoms with Crippen LogP contribution in [0.25, 0.3) is 0 Å². The van der Waals surface area contributed by atoms with Crippen molar-refractivity contribution in [3.05, 3.63) is 23.8 Å². The number of carboxylic acids is 1. The number of hydrogen-bond donors (Lipinski definition) is 2. The summed E-state index contributed by atoms with van der Waals surface area (Å²) < 4.78 is 5.35. The SMILES string of the molecule is CCOc1ccc(C(=O)CN2CCCC(C(=O)O)C2)cc1N. The molecule has 0 aromatic heterocycles. The first-order valence-corrected chi connectivity index (χ1v) is 7.52. The Labute approximate surface area is 129 Å². The number of aliphatic carboxylic acids is 1. The van der Waals surface area contributed by atoms with Gasteiger partial charge < -0.3 is 15.6 Å². The molecule has 0 amide bonds. The van der Waals surface area contributed by atoms with E-state index in [2.05, 4.69) is 0 Å². The molecule has 0 aliphatic carbocycles. The van der Waals surface area contributed by atoms with E-state index in [9.17, 15) is 9.59 Å². The zero-order valence-electron chi connectivity index (χ0n) is 12.7. The Balaban J connectivity index is 2.00. The molecule has 3 N–H and O–H groups in total. The number of ether oxygens (including phenoxy) is 1. The van der Waals surface area contributed by atoms with Crippen LogP contribution in [-0.2, 0) is 4.79 Å². The highest BCUT2D eigenvalue weighted by Crippen LogP contribution is 2.23. The van der Waals surface area contributed by atoms with Crippen molar-refractivity contribution in [1.29, 1.82) is 0 Å². The topological polar surface area (TPSA) is 92.9 Å². The fraction of sp³-hybridized carbons (Fsp3) is 0.500. The number of rotatable bonds is 6. The van der Waals surface area contributed by atoms with Crippen molar-refractivity contribution in [2.24, 2.45) is 5.92 Å². The number of benzene rings is 1. The number of piperidine rings is 1. The van der Waals surface area contributed by atoms with Crippen LogP contribution in [-0.4, -0.2) is 48.0 Å². The average Bonchev–Trinajstić information content (AvgIpc) is 2.49. The maximum atomic E-state index is 12.3. The lowest BCUT2D eigenvalue weighted by Crippen LogP contribution is -2.41. The standard InChI is InChI=1S/C16H22N2O4/c1-2-22-15-6-5-11(8-13(15)17)14(19)10-18-7-3-4-12(9-18)16(20)21/h5-6,8,12H,2-4,7,9-10,17H2,1H3,(H,20,21). The van der Waals surface area contributed by atoms with E-state index in [4.69, 9.17) is 15.6 Å². The zero-order valence-corrected chi connectivity index (χ0v) is 12.7. The monoisotopic (exact) mass is 306 g/mol. The Morgan fingerprint density at radius 3 is 2.86 bits per heavy atom. The minimum atomic E-state index is -0.789. The van der Waals surface area contributed by atoms with Crippen molar-refractivity contribution in [3.63, 3.8) is 0 Å². The fourth-order valence-corrected chi connectivity index (χ4v) is 2.70. The molecule has 1 aromatic carbocycles. The average molecular weight is 306 g/mol. The van der Waals surface area contributed by atoms with Gasteiger partial charge in [-0.3, -0.25) is 14.5 Å². The van der Waals surface area contributed by atoms with E-state index in [0.717, 1.165) is 13.0 Å². The van der Waals surface area contributed by atoms with Gasteiger partial charge >= 0.3 is 5.97 Å². The number of ketones is 1. The van der Waals surface area contributed by atoms with Crippen molar-refractivity contribution in [2.45, 2.75) is 19.8 Å². The van der Waals surface area contributed by atoms with Gasteiger partial charge in [0.15, 0.2) is 5.78 Å². The summed E-state index contributed by atoms with van der Waals surface area (Å²) in [5.74, 6) is -0.654. The van der Waals surface area contributed by atoms with Crippen molar-refractivity contribution in [2.75, 3.05) is 32.0 Å². The third-order valence-corrected chi connectivity index (χ3v) is 3.85. The van der Waals surface area contributed by atoms with E-state index in [0.29, 0.717) is 36.6 Å². The van der Waals surface area contributed by atoms with Gasteiger partial charge in [-0.2, -0.15) is 0 Å². The molecule has 1 aromatic rings. The molecule has 6 heteroatoms. The predicted molar refractivity (Wildman–Crippen MR) is 83.2 cm³/mol. The van der Waals surface area contributed by atoms with Crippen LogP contribution in [0, 0.1) is 5.92 Å². The lowest BCUT2D eigenvalue weighted by Gasteiger charge is -2.29. The smallest absolute Gasteiger partial charge is 0.307 e. The summed E-state index contributed by atoms with van der Waals surface area (Å²) in [7, 11) is 0. The van der Waals surface area contributed by atoms with Gasteiger partial charge in [-0.05, 0) is 44.5 Å². The number of hydrogen-bond acceptors (Lipinski definition) is 5. The molecule has 0 spiro atoms. The number of carbonyl (C=O) groups is 2. The highest BCUT2D eigenvalue weighted by atomic mass is 16.5. The second-order valence-corrected chi connectivity index (χ2v) is 5.52. The van der Waals surface area contributed by atoms with Gasteiger partial charge in [-0.1, -0.05) is 0 Å². The number of carboxylic acid groups (broad SMARTS) is 1. The molecular weight excluding hydrogens is 284 g/mol. The summed E-state index contributed by atoms with van der Waals surface area (Å²) in [6, 6.07) is 5.01. The van der Waals surface area contributed by atoms with E-state index in [1.807, 2.05) is 11.8 Å². The Hall–Kier alpha value is -2.08. The van der Waals surface area contributed by atoms with Gasteiger partial charge in [0.05, 0.1) is 24.8 Å². The summed E-state index contributed by atoms with van der Waals surface area (Å²) in [6.45, 7) is 3.78. The molecule has 0 radical (unpaired) electrons. The van der Waals surface area contributed by atoms with E-state index >= 15 is 0 Å². The summed E-state index contributed by atoms with van der Waals surface area (Å²) >= 11 is 0. The van der Waals surface area contributed by atoms with Crippen LogP contribution in [0.5, 0.6) is 5.75 Å². The Morgan fingerprint density at radius 1 is 1.45 bits per heavy atom. The number of nitrogens with two attached hydrogens (primary N) is 1. The summed E-state index contributed by atoms with van der Waals surface area (Å²) in [5.41, 5.74) is 6.84. The van der Waals surface area contributed by atoms with Crippen LogP contribution in [0.4, 0.5) is 5.69 Å². The van der Waals surface area contributed by atoms with Crippen molar-refractivity contribution < 1.29 is 19.4 Å². The molecule has 1 heterocycles. The van der Waals surface area contributed by atoms with Gasteiger partial charge in [0.2, 0.25) is 0 Å². The number of Topliss-reactive ketones (excluding diaryl/α,β-unsaturated/α-hetero) is 1. The normalized spacial score (nSPS) is 18.9. The van der Waals surface area contributed by atoms with Gasteiger partial charge in [0.1, 0.15) is 5.75 Å². The van der Waals surface area contributed by atoms with E-state index < -0.39 is 5.97 Å². The second-order valence-electron chi connectivity index (χ2n) is 5.52. The molecule has 1 saturated heterocycles. The first-order chi connectivity index (χ1) is 10.5. The largest absolute Gasteiger partial charge is 0.492 e. The minimum absolute atomic E-state index is 0.0548. The minimum Gasteiger partial charge on any atom is -0.492 e. The second kappa shape index (κ2) is 7.26. The number of nitrogens with zero attached hydrogens (tertiary/aromatic N) is 1. The molecule has 22 heavy (non-hydrogen) atoms. The van der Waals surface area contributed by atoms with Gasteiger partial charge in [0, 0.05) is 12.1 Å². The molecule has 1 aliphatic rings. The number of nitrogen functional groups attached to an aromatic ring is 1. The number of carbonyl (C=O) groups excluding carboxylic acids is 1. The lowest BCUT2D eigenvalue weighted by atomic mass is 9.97. The summed E-state index contributed by atoms with van der Waals surface area (Å²) in [6.07, 6.45) is 1.48. The van der Waals surface area contributed by atoms with Crippen molar-refractivity contribution >= 4 is 17.4 Å². The van der Waals surface area contributed by atoms with Crippen molar-refractivity contribution in [1.82, 2.24) is 4.90 Å².